The maximum atomic E-state index is 5.64. The van der Waals surface area contributed by atoms with Crippen molar-refractivity contribution in [3.63, 3.8) is 0 Å². The molecule has 1 aliphatic heterocycles. The van der Waals surface area contributed by atoms with Gasteiger partial charge in [0.25, 0.3) is 0 Å². The van der Waals surface area contributed by atoms with Gasteiger partial charge in [0.1, 0.15) is 0 Å². The van der Waals surface area contributed by atoms with Crippen LogP contribution >= 0.6 is 10.2 Å². The summed E-state index contributed by atoms with van der Waals surface area (Å²) < 4.78 is 0. The fourth-order valence-corrected chi connectivity index (χ4v) is 4.67. The summed E-state index contributed by atoms with van der Waals surface area (Å²) in [5, 5.41) is 1.29. The summed E-state index contributed by atoms with van der Waals surface area (Å²) in [6.07, 6.45) is 1.24. The van der Waals surface area contributed by atoms with E-state index in [9.17, 15) is 0 Å². The van der Waals surface area contributed by atoms with Gasteiger partial charge in [0.2, 0.25) is 0 Å². The van der Waals surface area contributed by atoms with Crippen LogP contribution in [0.15, 0.2) is 0 Å². The summed E-state index contributed by atoms with van der Waals surface area (Å²) in [6, 6.07) is 0.543. The average molecular weight is 182 g/mol. The predicted octanol–water partition coefficient (Wildman–Crippen LogP) is 0.488. The van der Waals surface area contributed by atoms with Crippen LogP contribution in [0.2, 0.25) is 5.32 Å². The second kappa shape index (κ2) is 2.98. The molecule has 1 aliphatic rings. The molecule has 7 heavy (non-hydrogen) atoms. The molecule has 1 unspecified atom stereocenters. The standard InChI is InChI=1S/C4H9NSSe/c5-4-1-2-6-7-3-4/h4H,1-3,5H2. The van der Waals surface area contributed by atoms with Crippen LogP contribution in [-0.4, -0.2) is 25.6 Å². The quantitative estimate of drug-likeness (QED) is 0.552. The van der Waals surface area contributed by atoms with Gasteiger partial charge < -0.3 is 0 Å². The molecule has 1 nitrogen and oxygen atoms in total. The van der Waals surface area contributed by atoms with Gasteiger partial charge in [-0.05, 0) is 0 Å². The minimum absolute atomic E-state index is 0.543. The van der Waals surface area contributed by atoms with Crippen molar-refractivity contribution in [2.45, 2.75) is 17.8 Å². The first-order chi connectivity index (χ1) is 3.39. The van der Waals surface area contributed by atoms with E-state index >= 15 is 0 Å². The van der Waals surface area contributed by atoms with E-state index in [-0.39, 0.29) is 0 Å². The molecule has 0 bridgehead atoms. The Morgan fingerprint density at radius 2 is 2.57 bits per heavy atom. The van der Waals surface area contributed by atoms with Gasteiger partial charge in [-0.15, -0.1) is 0 Å². The first-order valence-corrected chi connectivity index (χ1v) is 6.61. The van der Waals surface area contributed by atoms with Crippen molar-refractivity contribution in [1.82, 2.24) is 0 Å². The van der Waals surface area contributed by atoms with Crippen LogP contribution in [-0.2, 0) is 0 Å². The van der Waals surface area contributed by atoms with Crippen molar-refractivity contribution in [2.75, 3.05) is 5.75 Å². The Morgan fingerprint density at radius 1 is 1.71 bits per heavy atom. The first-order valence-electron chi connectivity index (χ1n) is 2.39. The molecule has 42 valence electrons. The van der Waals surface area contributed by atoms with E-state index in [0.717, 1.165) is 13.8 Å². The van der Waals surface area contributed by atoms with Crippen molar-refractivity contribution in [2.24, 2.45) is 5.73 Å². The Morgan fingerprint density at radius 3 is 2.86 bits per heavy atom. The van der Waals surface area contributed by atoms with Crippen LogP contribution in [0.1, 0.15) is 6.42 Å². The zero-order chi connectivity index (χ0) is 5.11. The molecule has 0 radical (unpaired) electrons. The number of rotatable bonds is 0. The van der Waals surface area contributed by atoms with E-state index in [2.05, 4.69) is 10.2 Å². The van der Waals surface area contributed by atoms with Crippen molar-refractivity contribution in [3.8, 4) is 0 Å². The van der Waals surface area contributed by atoms with Crippen molar-refractivity contribution >= 4 is 24.0 Å². The molecule has 3 heteroatoms. The third kappa shape index (κ3) is 2.04. The SMILES string of the molecule is NC1CCS[Se]C1. The Bertz CT molecular complexity index is 53.7. The third-order valence-electron chi connectivity index (χ3n) is 0.937. The molecule has 0 saturated carbocycles. The van der Waals surface area contributed by atoms with E-state index < -0.39 is 0 Å². The van der Waals surface area contributed by atoms with Gasteiger partial charge in [0.05, 0.1) is 0 Å². The van der Waals surface area contributed by atoms with E-state index in [1.807, 2.05) is 0 Å². The van der Waals surface area contributed by atoms with Crippen LogP contribution in [0.5, 0.6) is 0 Å². The molecule has 0 spiro atoms. The summed E-state index contributed by atoms with van der Waals surface area (Å²) in [6.45, 7) is 0. The Labute approximate surface area is 53.6 Å². The Balaban J connectivity index is 2.12. The fourth-order valence-electron chi connectivity index (χ4n) is 0.477. The molecule has 0 aliphatic carbocycles. The van der Waals surface area contributed by atoms with Crippen LogP contribution in [0, 0.1) is 0 Å². The minimum atomic E-state index is 0.543. The van der Waals surface area contributed by atoms with E-state index in [1.54, 1.807) is 0 Å². The van der Waals surface area contributed by atoms with Crippen LogP contribution < -0.4 is 5.73 Å². The molecule has 0 amide bonds. The molecule has 0 aromatic rings. The van der Waals surface area contributed by atoms with Crippen LogP contribution in [0.3, 0.4) is 0 Å². The number of nitrogens with two attached hydrogens (primary N) is 1. The van der Waals surface area contributed by atoms with Crippen molar-refractivity contribution in [3.05, 3.63) is 0 Å². The van der Waals surface area contributed by atoms with Gasteiger partial charge in [0, 0.05) is 0 Å². The molecule has 1 saturated heterocycles. The molecule has 1 fully saturated rings. The van der Waals surface area contributed by atoms with E-state index in [0.29, 0.717) is 6.04 Å². The topological polar surface area (TPSA) is 26.0 Å². The van der Waals surface area contributed by atoms with E-state index in [4.69, 9.17) is 5.73 Å². The molecule has 0 aromatic carbocycles. The molecule has 2 N–H and O–H groups in total. The maximum absolute atomic E-state index is 5.64. The van der Waals surface area contributed by atoms with Gasteiger partial charge in [-0.25, -0.2) is 0 Å². The van der Waals surface area contributed by atoms with Crippen molar-refractivity contribution in [1.29, 1.82) is 0 Å². The van der Waals surface area contributed by atoms with Crippen LogP contribution in [0.25, 0.3) is 0 Å². The monoisotopic (exact) mass is 183 g/mol. The molecule has 0 aromatic heterocycles. The zero-order valence-electron chi connectivity index (χ0n) is 4.09. The Kier molecular flexibility index (Phi) is 2.53. The predicted molar refractivity (Wildman–Crippen MR) is 35.6 cm³/mol. The molecule has 1 atom stereocenters. The first kappa shape index (κ1) is 5.96. The summed E-state index contributed by atoms with van der Waals surface area (Å²) in [5.41, 5.74) is 5.64. The summed E-state index contributed by atoms with van der Waals surface area (Å²) in [4.78, 5) is 0. The molecular weight excluding hydrogens is 173 g/mol. The zero-order valence-corrected chi connectivity index (χ0v) is 6.62. The third-order valence-corrected chi connectivity index (χ3v) is 5.50. The van der Waals surface area contributed by atoms with Gasteiger partial charge in [-0.2, -0.15) is 0 Å². The van der Waals surface area contributed by atoms with Gasteiger partial charge >= 0.3 is 53.3 Å². The van der Waals surface area contributed by atoms with Gasteiger partial charge in [0.15, 0.2) is 0 Å². The average Bonchev–Trinajstić information content (AvgIpc) is 1.69. The molecular formula is C4H9NSSe. The second-order valence-electron chi connectivity index (χ2n) is 1.66. The van der Waals surface area contributed by atoms with Gasteiger partial charge in [-0.3, -0.25) is 0 Å². The van der Waals surface area contributed by atoms with Crippen LogP contribution in [0.4, 0.5) is 0 Å². The summed E-state index contributed by atoms with van der Waals surface area (Å²) in [7, 11) is 2.08. The van der Waals surface area contributed by atoms with Crippen molar-refractivity contribution < 1.29 is 0 Å². The van der Waals surface area contributed by atoms with Gasteiger partial charge in [-0.1, -0.05) is 0 Å². The number of hydrogen-bond donors (Lipinski definition) is 1. The van der Waals surface area contributed by atoms with E-state index in [1.165, 1.54) is 17.5 Å². The number of hydrogen-bond acceptors (Lipinski definition) is 2. The fraction of sp³-hybridized carbons (Fsp3) is 1.00. The summed E-state index contributed by atoms with van der Waals surface area (Å²) >= 11 is 0.817. The molecule has 1 rings (SSSR count). The summed E-state index contributed by atoms with van der Waals surface area (Å²) in [5.74, 6) is 1.31. The normalized spacial score (nSPS) is 33.0. The second-order valence-corrected chi connectivity index (χ2v) is 6.20. The Hall–Kier alpha value is 0.829. The molecule has 1 heterocycles.